The van der Waals surface area contributed by atoms with Crippen LogP contribution in [0, 0.1) is 0 Å². The summed E-state index contributed by atoms with van der Waals surface area (Å²) in [6, 6.07) is 12.6. The summed E-state index contributed by atoms with van der Waals surface area (Å²) in [6.07, 6.45) is 6.52. The lowest BCUT2D eigenvalue weighted by Gasteiger charge is -2.36. The number of amides is 1. The molecule has 6 heteroatoms. The Hall–Kier alpha value is -2.11. The van der Waals surface area contributed by atoms with E-state index in [-0.39, 0.29) is 12.0 Å². The normalized spacial score (nSPS) is 24.6. The molecule has 0 radical (unpaired) electrons. The van der Waals surface area contributed by atoms with Crippen LogP contribution in [0.25, 0.3) is 0 Å². The number of ether oxygens (including phenoxy) is 1. The Labute approximate surface area is 164 Å². The Morgan fingerprint density at radius 1 is 1.26 bits per heavy atom. The summed E-state index contributed by atoms with van der Waals surface area (Å²) in [5.74, 6) is 0.709. The molecular formula is C21H24ClN3O2. The number of benzene rings is 1. The highest BCUT2D eigenvalue weighted by molar-refractivity contribution is 6.29. The number of fused-ring (bicyclic) bond motifs is 2. The van der Waals surface area contributed by atoms with Crippen molar-refractivity contribution in [2.24, 2.45) is 0 Å². The van der Waals surface area contributed by atoms with E-state index in [9.17, 15) is 4.79 Å². The Balaban J connectivity index is 1.34. The fourth-order valence-corrected chi connectivity index (χ4v) is 4.29. The number of carbonyl (C=O) groups excluding carboxylic acids is 1. The summed E-state index contributed by atoms with van der Waals surface area (Å²) in [5, 5.41) is 3.29. The standard InChI is InChI=1S/C21H24ClN3O2/c1-25-16-6-7-17(25)11-19(10-16)27-18-4-2-3-14(9-18)12-24-21(26)15-5-8-20(22)23-13-15/h2-5,8-9,13,16-17,19H,6-7,10-12H2,1H3,(H,24,26)/t16-,17+,19?. The summed E-state index contributed by atoms with van der Waals surface area (Å²) in [5.41, 5.74) is 1.51. The highest BCUT2D eigenvalue weighted by Crippen LogP contribution is 2.36. The number of nitrogens with zero attached hydrogens (tertiary/aromatic N) is 2. The van der Waals surface area contributed by atoms with Crippen molar-refractivity contribution in [1.82, 2.24) is 15.2 Å². The van der Waals surface area contributed by atoms with E-state index in [2.05, 4.69) is 22.2 Å². The van der Waals surface area contributed by atoms with Crippen LogP contribution in [0.15, 0.2) is 42.6 Å². The van der Waals surface area contributed by atoms with Crippen LogP contribution in [0.3, 0.4) is 0 Å². The number of rotatable bonds is 5. The van der Waals surface area contributed by atoms with Crippen molar-refractivity contribution in [3.63, 3.8) is 0 Å². The number of hydrogen-bond donors (Lipinski definition) is 1. The third-order valence-electron chi connectivity index (χ3n) is 5.70. The molecule has 2 fully saturated rings. The molecule has 3 atom stereocenters. The van der Waals surface area contributed by atoms with Crippen molar-refractivity contribution < 1.29 is 9.53 Å². The maximum Gasteiger partial charge on any atom is 0.253 e. The molecule has 0 saturated carbocycles. The lowest BCUT2D eigenvalue weighted by molar-refractivity contribution is 0.0661. The van der Waals surface area contributed by atoms with E-state index in [1.807, 2.05) is 24.3 Å². The lowest BCUT2D eigenvalue weighted by Crippen LogP contribution is -2.43. The molecule has 1 aromatic carbocycles. The Morgan fingerprint density at radius 3 is 2.74 bits per heavy atom. The van der Waals surface area contributed by atoms with Crippen LogP contribution < -0.4 is 10.1 Å². The average molecular weight is 386 g/mol. The van der Waals surface area contributed by atoms with Gasteiger partial charge in [0.1, 0.15) is 17.0 Å². The van der Waals surface area contributed by atoms with Gasteiger partial charge in [0.05, 0.1) is 5.56 Å². The zero-order valence-corrected chi connectivity index (χ0v) is 16.2. The fourth-order valence-electron chi connectivity index (χ4n) is 4.17. The van der Waals surface area contributed by atoms with Crippen molar-refractivity contribution in [2.45, 2.75) is 50.4 Å². The number of halogens is 1. The summed E-state index contributed by atoms with van der Waals surface area (Å²) < 4.78 is 6.27. The first kappa shape index (κ1) is 18.3. The third-order valence-corrected chi connectivity index (χ3v) is 5.92. The molecule has 0 aliphatic carbocycles. The first-order valence-electron chi connectivity index (χ1n) is 9.46. The smallest absolute Gasteiger partial charge is 0.253 e. The first-order chi connectivity index (χ1) is 13.1. The summed E-state index contributed by atoms with van der Waals surface area (Å²) in [6.45, 7) is 0.442. The minimum Gasteiger partial charge on any atom is -0.490 e. The van der Waals surface area contributed by atoms with Gasteiger partial charge in [0.15, 0.2) is 0 Å². The van der Waals surface area contributed by atoms with Crippen molar-refractivity contribution in [3.8, 4) is 5.75 Å². The van der Waals surface area contributed by atoms with Gasteiger partial charge in [-0.1, -0.05) is 23.7 Å². The van der Waals surface area contributed by atoms with E-state index in [0.717, 1.165) is 24.2 Å². The molecule has 1 unspecified atom stereocenters. The zero-order valence-electron chi connectivity index (χ0n) is 15.4. The highest BCUT2D eigenvalue weighted by atomic mass is 35.5. The lowest BCUT2D eigenvalue weighted by atomic mass is 10.0. The average Bonchev–Trinajstić information content (AvgIpc) is 2.88. The molecule has 2 saturated heterocycles. The van der Waals surface area contributed by atoms with Gasteiger partial charge >= 0.3 is 0 Å². The molecule has 1 amide bonds. The molecule has 0 spiro atoms. The van der Waals surface area contributed by atoms with Gasteiger partial charge < -0.3 is 15.0 Å². The number of nitrogens with one attached hydrogen (secondary N) is 1. The van der Waals surface area contributed by atoms with Crippen molar-refractivity contribution in [3.05, 3.63) is 58.9 Å². The van der Waals surface area contributed by atoms with E-state index < -0.39 is 0 Å². The topological polar surface area (TPSA) is 54.5 Å². The zero-order chi connectivity index (χ0) is 18.8. The van der Waals surface area contributed by atoms with Crippen LogP contribution >= 0.6 is 11.6 Å². The van der Waals surface area contributed by atoms with Crippen molar-refractivity contribution in [1.29, 1.82) is 0 Å². The van der Waals surface area contributed by atoms with Gasteiger partial charge in [-0.15, -0.1) is 0 Å². The largest absolute Gasteiger partial charge is 0.490 e. The van der Waals surface area contributed by atoms with Crippen LogP contribution in [-0.4, -0.2) is 41.0 Å². The van der Waals surface area contributed by atoms with Gasteiger partial charge in [0.25, 0.3) is 5.91 Å². The monoisotopic (exact) mass is 385 g/mol. The second-order valence-corrected chi connectivity index (χ2v) is 7.85. The minimum atomic E-state index is -0.169. The molecular weight excluding hydrogens is 362 g/mol. The molecule has 2 bridgehead atoms. The SMILES string of the molecule is CN1[C@@H]2CC[C@H]1CC(Oc1cccc(CNC(=O)c3ccc(Cl)nc3)c1)C2. The van der Waals surface area contributed by atoms with Crippen LogP contribution in [0.4, 0.5) is 0 Å². The van der Waals surface area contributed by atoms with Gasteiger partial charge in [0, 0.05) is 24.8 Å². The Bertz CT molecular complexity index is 797. The van der Waals surface area contributed by atoms with E-state index in [1.54, 1.807) is 12.1 Å². The van der Waals surface area contributed by atoms with Gasteiger partial charge in [-0.05, 0) is 62.6 Å². The third kappa shape index (κ3) is 4.25. The highest BCUT2D eigenvalue weighted by Gasteiger charge is 2.39. The molecule has 5 nitrogen and oxygen atoms in total. The maximum atomic E-state index is 12.2. The van der Waals surface area contributed by atoms with Gasteiger partial charge in [-0.2, -0.15) is 0 Å². The van der Waals surface area contributed by atoms with Crippen LogP contribution in [0.1, 0.15) is 41.6 Å². The van der Waals surface area contributed by atoms with E-state index >= 15 is 0 Å². The summed E-state index contributed by atoms with van der Waals surface area (Å²) >= 11 is 5.76. The van der Waals surface area contributed by atoms with E-state index in [0.29, 0.717) is 29.3 Å². The van der Waals surface area contributed by atoms with Gasteiger partial charge in [-0.3, -0.25) is 4.79 Å². The van der Waals surface area contributed by atoms with Gasteiger partial charge in [0.2, 0.25) is 0 Å². The quantitative estimate of drug-likeness (QED) is 0.798. The molecule has 1 aromatic heterocycles. The van der Waals surface area contributed by atoms with Crippen LogP contribution in [0.2, 0.25) is 5.15 Å². The molecule has 1 N–H and O–H groups in total. The molecule has 2 aliphatic heterocycles. The second-order valence-electron chi connectivity index (χ2n) is 7.46. The summed E-state index contributed by atoms with van der Waals surface area (Å²) in [4.78, 5) is 18.7. The predicted molar refractivity (Wildman–Crippen MR) is 105 cm³/mol. The number of hydrogen-bond acceptors (Lipinski definition) is 4. The van der Waals surface area contributed by atoms with E-state index in [4.69, 9.17) is 16.3 Å². The molecule has 3 heterocycles. The first-order valence-corrected chi connectivity index (χ1v) is 9.83. The number of aromatic nitrogens is 1. The maximum absolute atomic E-state index is 12.2. The molecule has 2 aromatic rings. The number of carbonyl (C=O) groups is 1. The van der Waals surface area contributed by atoms with E-state index in [1.165, 1.54) is 19.0 Å². The second kappa shape index (κ2) is 7.87. The Kier molecular flexibility index (Phi) is 5.32. The number of pyridine rings is 1. The van der Waals surface area contributed by atoms with Crippen molar-refractivity contribution in [2.75, 3.05) is 7.05 Å². The molecule has 27 heavy (non-hydrogen) atoms. The van der Waals surface area contributed by atoms with Crippen LogP contribution in [-0.2, 0) is 6.54 Å². The number of piperidine rings is 1. The molecule has 142 valence electrons. The molecule has 2 aliphatic rings. The fraction of sp³-hybridized carbons (Fsp3) is 0.429. The minimum absolute atomic E-state index is 0.169. The summed E-state index contributed by atoms with van der Waals surface area (Å²) in [7, 11) is 2.23. The van der Waals surface area contributed by atoms with Crippen molar-refractivity contribution >= 4 is 17.5 Å². The molecule has 4 rings (SSSR count). The predicted octanol–water partition coefficient (Wildman–Crippen LogP) is 3.67. The Morgan fingerprint density at radius 2 is 2.04 bits per heavy atom. The van der Waals surface area contributed by atoms with Gasteiger partial charge in [-0.25, -0.2) is 4.98 Å². The van der Waals surface area contributed by atoms with Crippen LogP contribution in [0.5, 0.6) is 5.75 Å².